The fourth-order valence-electron chi connectivity index (χ4n) is 2.70. The Kier molecular flexibility index (Phi) is 8.15. The summed E-state index contributed by atoms with van der Waals surface area (Å²) in [5.74, 6) is 0.314. The van der Waals surface area contributed by atoms with Crippen LogP contribution in [-0.2, 0) is 11.3 Å². The van der Waals surface area contributed by atoms with Gasteiger partial charge in [0.25, 0.3) is 0 Å². The Morgan fingerprint density at radius 3 is 2.73 bits per heavy atom. The molecule has 1 aliphatic rings. The molecule has 0 unspecified atom stereocenters. The van der Waals surface area contributed by atoms with Crippen LogP contribution in [0.1, 0.15) is 31.2 Å². The summed E-state index contributed by atoms with van der Waals surface area (Å²) in [5.41, 5.74) is 0.386. The third-order valence-corrected chi connectivity index (χ3v) is 4.46. The van der Waals surface area contributed by atoms with Gasteiger partial charge in [-0.05, 0) is 50.4 Å². The standard InChI is InChI=1S/C16H22ClFN2O.ClH/c1-20(11-13-14(17)3-2-4-15(13)18)16(21)6-5-12-7-9-19-10-8-12;/h2-4,12,19H,5-11H2,1H3;1H. The molecule has 1 fully saturated rings. The van der Waals surface area contributed by atoms with Crippen molar-refractivity contribution in [2.24, 2.45) is 5.92 Å². The first-order valence-corrected chi connectivity index (χ1v) is 7.83. The van der Waals surface area contributed by atoms with E-state index in [-0.39, 0.29) is 30.7 Å². The zero-order chi connectivity index (χ0) is 15.2. The van der Waals surface area contributed by atoms with Crippen LogP contribution < -0.4 is 5.32 Å². The number of hydrogen-bond donors (Lipinski definition) is 1. The highest BCUT2D eigenvalue weighted by molar-refractivity contribution is 6.31. The number of nitrogens with zero attached hydrogens (tertiary/aromatic N) is 1. The van der Waals surface area contributed by atoms with E-state index in [9.17, 15) is 9.18 Å². The van der Waals surface area contributed by atoms with Gasteiger partial charge in [-0.15, -0.1) is 12.4 Å². The van der Waals surface area contributed by atoms with Crippen LogP contribution in [0.4, 0.5) is 4.39 Å². The summed E-state index contributed by atoms with van der Waals surface area (Å²) in [5, 5.41) is 3.69. The van der Waals surface area contributed by atoms with Crippen LogP contribution in [0.2, 0.25) is 5.02 Å². The van der Waals surface area contributed by atoms with Crippen LogP contribution in [-0.4, -0.2) is 30.9 Å². The summed E-state index contributed by atoms with van der Waals surface area (Å²) in [4.78, 5) is 13.7. The predicted molar refractivity (Wildman–Crippen MR) is 90.0 cm³/mol. The van der Waals surface area contributed by atoms with Gasteiger partial charge in [-0.25, -0.2) is 4.39 Å². The molecule has 0 aromatic heterocycles. The molecule has 22 heavy (non-hydrogen) atoms. The first-order chi connectivity index (χ1) is 10.1. The molecule has 6 heteroatoms. The number of carbonyl (C=O) groups is 1. The molecule has 1 aromatic rings. The number of nitrogens with one attached hydrogen (secondary N) is 1. The molecule has 1 saturated heterocycles. The van der Waals surface area contributed by atoms with E-state index in [2.05, 4.69) is 5.32 Å². The minimum atomic E-state index is -0.361. The molecule has 0 radical (unpaired) electrons. The normalized spacial score (nSPS) is 15.2. The van der Waals surface area contributed by atoms with E-state index in [1.54, 1.807) is 24.1 Å². The Balaban J connectivity index is 0.00000242. The molecule has 1 heterocycles. The van der Waals surface area contributed by atoms with Crippen molar-refractivity contribution in [3.63, 3.8) is 0 Å². The molecular weight excluding hydrogens is 326 g/mol. The maximum absolute atomic E-state index is 13.7. The summed E-state index contributed by atoms with van der Waals surface area (Å²) in [6.07, 6.45) is 3.70. The Bertz CT molecular complexity index is 473. The largest absolute Gasteiger partial charge is 0.341 e. The summed E-state index contributed by atoms with van der Waals surface area (Å²) in [7, 11) is 1.70. The van der Waals surface area contributed by atoms with Crippen molar-refractivity contribution in [2.75, 3.05) is 20.1 Å². The second-order valence-electron chi connectivity index (χ2n) is 5.68. The molecular formula is C16H23Cl2FN2O. The number of amides is 1. The molecule has 0 aliphatic carbocycles. The second kappa shape index (κ2) is 9.33. The monoisotopic (exact) mass is 348 g/mol. The lowest BCUT2D eigenvalue weighted by atomic mass is 9.93. The molecule has 1 N–H and O–H groups in total. The van der Waals surface area contributed by atoms with Crippen molar-refractivity contribution in [1.29, 1.82) is 0 Å². The van der Waals surface area contributed by atoms with Crippen molar-refractivity contribution in [3.05, 3.63) is 34.6 Å². The summed E-state index contributed by atoms with van der Waals surface area (Å²) < 4.78 is 13.7. The van der Waals surface area contributed by atoms with E-state index < -0.39 is 0 Å². The van der Waals surface area contributed by atoms with Crippen LogP contribution in [0.25, 0.3) is 0 Å². The molecule has 2 rings (SSSR count). The quantitative estimate of drug-likeness (QED) is 0.880. The highest BCUT2D eigenvalue weighted by Gasteiger charge is 2.18. The van der Waals surface area contributed by atoms with E-state index >= 15 is 0 Å². The van der Waals surface area contributed by atoms with E-state index in [1.807, 2.05) is 0 Å². The predicted octanol–water partition coefficient (Wildman–Crippen LogP) is 3.64. The molecule has 1 amide bonds. The molecule has 124 valence electrons. The zero-order valence-corrected chi connectivity index (χ0v) is 14.4. The van der Waals surface area contributed by atoms with Gasteiger partial charge in [-0.2, -0.15) is 0 Å². The van der Waals surface area contributed by atoms with Gasteiger partial charge in [0, 0.05) is 30.6 Å². The molecule has 1 aliphatic heterocycles. The summed E-state index contributed by atoms with van der Waals surface area (Å²) in [6, 6.07) is 4.59. The van der Waals surface area contributed by atoms with E-state index in [0.29, 0.717) is 22.9 Å². The Morgan fingerprint density at radius 1 is 1.41 bits per heavy atom. The third-order valence-electron chi connectivity index (χ3n) is 4.11. The maximum atomic E-state index is 13.7. The van der Waals surface area contributed by atoms with Crippen molar-refractivity contribution >= 4 is 29.9 Å². The van der Waals surface area contributed by atoms with Crippen LogP contribution in [0.5, 0.6) is 0 Å². The highest BCUT2D eigenvalue weighted by atomic mass is 35.5. The van der Waals surface area contributed by atoms with Gasteiger partial charge in [-0.3, -0.25) is 4.79 Å². The summed E-state index contributed by atoms with van der Waals surface area (Å²) in [6.45, 7) is 2.30. The van der Waals surface area contributed by atoms with E-state index in [1.165, 1.54) is 6.07 Å². The topological polar surface area (TPSA) is 32.3 Å². The zero-order valence-electron chi connectivity index (χ0n) is 12.8. The third kappa shape index (κ3) is 5.41. The average Bonchev–Trinajstić information content (AvgIpc) is 2.49. The van der Waals surface area contributed by atoms with Crippen molar-refractivity contribution in [3.8, 4) is 0 Å². The van der Waals surface area contributed by atoms with Gasteiger partial charge in [0.15, 0.2) is 0 Å². The summed E-state index contributed by atoms with van der Waals surface area (Å²) >= 11 is 5.99. The Morgan fingerprint density at radius 2 is 2.09 bits per heavy atom. The minimum Gasteiger partial charge on any atom is -0.341 e. The van der Waals surface area contributed by atoms with Gasteiger partial charge < -0.3 is 10.2 Å². The van der Waals surface area contributed by atoms with Crippen LogP contribution in [0, 0.1) is 11.7 Å². The lowest BCUT2D eigenvalue weighted by Crippen LogP contribution is -2.30. The van der Waals surface area contributed by atoms with Crippen LogP contribution in [0.15, 0.2) is 18.2 Å². The Hall–Kier alpha value is -0.840. The van der Waals surface area contributed by atoms with Crippen LogP contribution in [0.3, 0.4) is 0 Å². The fraction of sp³-hybridized carbons (Fsp3) is 0.562. The number of rotatable bonds is 5. The van der Waals surface area contributed by atoms with Crippen molar-refractivity contribution in [1.82, 2.24) is 10.2 Å². The lowest BCUT2D eigenvalue weighted by molar-refractivity contribution is -0.130. The fourth-order valence-corrected chi connectivity index (χ4v) is 2.92. The van der Waals surface area contributed by atoms with Crippen molar-refractivity contribution < 1.29 is 9.18 Å². The van der Waals surface area contributed by atoms with Gasteiger partial charge in [0.05, 0.1) is 0 Å². The molecule has 0 bridgehead atoms. The van der Waals surface area contributed by atoms with Gasteiger partial charge >= 0.3 is 0 Å². The smallest absolute Gasteiger partial charge is 0.222 e. The Labute approximate surface area is 142 Å². The van der Waals surface area contributed by atoms with Crippen LogP contribution >= 0.6 is 24.0 Å². The first kappa shape index (κ1) is 19.2. The minimum absolute atomic E-state index is 0. The molecule has 3 nitrogen and oxygen atoms in total. The first-order valence-electron chi connectivity index (χ1n) is 7.45. The number of hydrogen-bond acceptors (Lipinski definition) is 2. The second-order valence-corrected chi connectivity index (χ2v) is 6.09. The van der Waals surface area contributed by atoms with E-state index in [0.717, 1.165) is 32.4 Å². The molecule has 0 saturated carbocycles. The number of carbonyl (C=O) groups excluding carboxylic acids is 1. The SMILES string of the molecule is CN(Cc1c(F)cccc1Cl)C(=O)CCC1CCNCC1.Cl. The van der Waals surface area contributed by atoms with Gasteiger partial charge in [-0.1, -0.05) is 17.7 Å². The average molecular weight is 349 g/mol. The van der Waals surface area contributed by atoms with Gasteiger partial charge in [0.2, 0.25) is 5.91 Å². The van der Waals surface area contributed by atoms with E-state index in [4.69, 9.17) is 11.6 Å². The lowest BCUT2D eigenvalue weighted by Gasteiger charge is -2.24. The molecule has 0 atom stereocenters. The maximum Gasteiger partial charge on any atom is 0.222 e. The number of halogens is 3. The number of piperidine rings is 1. The van der Waals surface area contributed by atoms with Crippen molar-refractivity contribution in [2.45, 2.75) is 32.2 Å². The highest BCUT2D eigenvalue weighted by Crippen LogP contribution is 2.22. The molecule has 0 spiro atoms. The number of benzene rings is 1. The molecule has 1 aromatic carbocycles. The van der Waals surface area contributed by atoms with Gasteiger partial charge in [0.1, 0.15) is 5.82 Å².